The summed E-state index contributed by atoms with van der Waals surface area (Å²) in [4.78, 5) is 22.1. The van der Waals surface area contributed by atoms with Crippen molar-refractivity contribution in [1.29, 1.82) is 0 Å². The molecule has 8 heteroatoms. The molecular weight excluding hydrogens is 422 g/mol. The number of benzene rings is 2. The van der Waals surface area contributed by atoms with Crippen molar-refractivity contribution in [1.82, 2.24) is 10.5 Å². The Balaban J connectivity index is 1.22. The van der Waals surface area contributed by atoms with Gasteiger partial charge in [0.25, 0.3) is 0 Å². The minimum absolute atomic E-state index is 0.153. The number of para-hydroxylation sites is 1. The van der Waals surface area contributed by atoms with Gasteiger partial charge in [-0.15, -0.1) is 0 Å². The number of carbonyl (C=O) groups is 1. The molecule has 1 fully saturated rings. The fraction of sp³-hybridized carbons (Fsp3) is 0.320. The van der Waals surface area contributed by atoms with E-state index >= 15 is 0 Å². The van der Waals surface area contributed by atoms with Gasteiger partial charge in [0.2, 0.25) is 5.91 Å². The predicted molar refractivity (Wildman–Crippen MR) is 121 cm³/mol. The number of fused-ring (bicyclic) bond motifs is 1. The van der Waals surface area contributed by atoms with E-state index in [1.807, 2.05) is 49.4 Å². The van der Waals surface area contributed by atoms with E-state index in [2.05, 4.69) is 22.3 Å². The highest BCUT2D eigenvalue weighted by Crippen LogP contribution is 2.32. The van der Waals surface area contributed by atoms with Gasteiger partial charge in [-0.3, -0.25) is 15.0 Å². The number of nitrogens with one attached hydrogen (secondary N) is 1. The van der Waals surface area contributed by atoms with Gasteiger partial charge in [0.1, 0.15) is 18.5 Å². The van der Waals surface area contributed by atoms with E-state index in [9.17, 15) is 4.79 Å². The van der Waals surface area contributed by atoms with Crippen molar-refractivity contribution < 1.29 is 24.3 Å². The molecule has 3 aromatic rings. The summed E-state index contributed by atoms with van der Waals surface area (Å²) in [5, 5.41) is 14.3. The first-order chi connectivity index (χ1) is 16.1. The topological polar surface area (TPSA) is 102 Å². The average Bonchev–Trinajstić information content (AvgIpc) is 3.52. The van der Waals surface area contributed by atoms with Crippen molar-refractivity contribution in [3.8, 4) is 5.75 Å². The third-order valence-corrected chi connectivity index (χ3v) is 6.25. The highest BCUT2D eigenvalue weighted by atomic mass is 16.6. The Hall–Kier alpha value is -3.49. The molecule has 8 nitrogen and oxygen atoms in total. The number of hydroxylamine groups is 1. The summed E-state index contributed by atoms with van der Waals surface area (Å²) in [5.74, 6) is -0.289. The number of rotatable bonds is 6. The molecule has 33 heavy (non-hydrogen) atoms. The maximum Gasteiger partial charge on any atom is 0.249 e. The first kappa shape index (κ1) is 21.4. The zero-order valence-corrected chi connectivity index (χ0v) is 18.2. The third-order valence-electron chi connectivity index (χ3n) is 6.25. The standard InChI is InChI=1S/C25H25N3O5/c1-15-10-17(19-4-2-3-5-22(19)26-15)12-32-18-8-6-16(7-9-18)23-11-24(33-28-23)20-13-31-14-21(20)25(29)27-30/h2-10,20-21,24,30H,11-14H2,1H3,(H,27,29)/t20-,21+,24?/m0/s1. The minimum atomic E-state index is -0.451. The van der Waals surface area contributed by atoms with Crippen molar-refractivity contribution in [3.63, 3.8) is 0 Å². The van der Waals surface area contributed by atoms with E-state index in [-0.39, 0.29) is 18.6 Å². The lowest BCUT2D eigenvalue weighted by Crippen LogP contribution is -2.37. The maximum atomic E-state index is 11.9. The van der Waals surface area contributed by atoms with E-state index in [1.54, 1.807) is 5.48 Å². The lowest BCUT2D eigenvalue weighted by atomic mass is 9.87. The molecule has 0 saturated carbocycles. The number of carbonyl (C=O) groups excluding carboxylic acids is 1. The summed E-state index contributed by atoms with van der Waals surface area (Å²) >= 11 is 0. The van der Waals surface area contributed by atoms with Crippen LogP contribution in [0.4, 0.5) is 0 Å². The highest BCUT2D eigenvalue weighted by Gasteiger charge is 2.42. The average molecular weight is 447 g/mol. The Kier molecular flexibility index (Phi) is 5.93. The Bertz CT molecular complexity index is 1190. The molecule has 1 saturated heterocycles. The Morgan fingerprint density at radius 1 is 1.18 bits per heavy atom. The molecule has 2 aromatic carbocycles. The van der Waals surface area contributed by atoms with Crippen LogP contribution in [0.25, 0.3) is 10.9 Å². The first-order valence-corrected chi connectivity index (χ1v) is 11.0. The molecule has 0 bridgehead atoms. The second kappa shape index (κ2) is 9.17. The van der Waals surface area contributed by atoms with Gasteiger partial charge in [0, 0.05) is 29.0 Å². The largest absolute Gasteiger partial charge is 0.489 e. The molecule has 170 valence electrons. The summed E-state index contributed by atoms with van der Waals surface area (Å²) in [6.45, 7) is 3.11. The monoisotopic (exact) mass is 447 g/mol. The SMILES string of the molecule is Cc1cc(COc2ccc(C3=NOC([C@H]4COC[C@H]4C(=O)NO)C3)cc2)c2ccccc2n1. The molecule has 2 aliphatic rings. The van der Waals surface area contributed by atoms with Gasteiger partial charge in [-0.05, 0) is 48.9 Å². The van der Waals surface area contributed by atoms with E-state index in [0.29, 0.717) is 19.6 Å². The molecular formula is C25H25N3O5. The second-order valence-corrected chi connectivity index (χ2v) is 8.42. The number of pyridine rings is 1. The molecule has 5 rings (SSSR count). The summed E-state index contributed by atoms with van der Waals surface area (Å²) in [5.41, 5.74) is 6.50. The summed E-state index contributed by atoms with van der Waals surface area (Å²) in [6.07, 6.45) is 0.315. The van der Waals surface area contributed by atoms with Crippen molar-refractivity contribution >= 4 is 22.5 Å². The highest BCUT2D eigenvalue weighted by molar-refractivity contribution is 6.01. The van der Waals surface area contributed by atoms with E-state index in [0.717, 1.165) is 39.2 Å². The molecule has 0 radical (unpaired) electrons. The smallest absolute Gasteiger partial charge is 0.249 e. The van der Waals surface area contributed by atoms with Crippen molar-refractivity contribution in [2.75, 3.05) is 13.2 Å². The number of ether oxygens (including phenoxy) is 2. The number of aromatic nitrogens is 1. The fourth-order valence-electron chi connectivity index (χ4n) is 4.51. The zero-order chi connectivity index (χ0) is 22.8. The number of nitrogens with zero attached hydrogens (tertiary/aromatic N) is 2. The molecule has 1 amide bonds. The molecule has 1 aromatic heterocycles. The number of hydrogen-bond acceptors (Lipinski definition) is 7. The van der Waals surface area contributed by atoms with Crippen LogP contribution in [0, 0.1) is 18.8 Å². The van der Waals surface area contributed by atoms with Crippen molar-refractivity contribution in [2.45, 2.75) is 26.1 Å². The van der Waals surface area contributed by atoms with Crippen LogP contribution in [-0.2, 0) is 21.0 Å². The number of amides is 1. The Morgan fingerprint density at radius 3 is 2.82 bits per heavy atom. The maximum absolute atomic E-state index is 11.9. The van der Waals surface area contributed by atoms with E-state index in [4.69, 9.17) is 19.5 Å². The number of hydrogen-bond donors (Lipinski definition) is 2. The molecule has 3 heterocycles. The van der Waals surface area contributed by atoms with Crippen LogP contribution >= 0.6 is 0 Å². The Labute approximate surface area is 191 Å². The van der Waals surface area contributed by atoms with Gasteiger partial charge in [-0.2, -0.15) is 0 Å². The van der Waals surface area contributed by atoms with Crippen LogP contribution < -0.4 is 10.2 Å². The van der Waals surface area contributed by atoms with Gasteiger partial charge in [-0.25, -0.2) is 5.48 Å². The van der Waals surface area contributed by atoms with Crippen LogP contribution in [0.15, 0.2) is 59.8 Å². The summed E-state index contributed by atoms with van der Waals surface area (Å²) in [7, 11) is 0. The molecule has 2 N–H and O–H groups in total. The van der Waals surface area contributed by atoms with Gasteiger partial charge in [-0.1, -0.05) is 23.4 Å². The van der Waals surface area contributed by atoms with E-state index in [1.165, 1.54) is 0 Å². The number of aryl methyl sites for hydroxylation is 1. The van der Waals surface area contributed by atoms with Crippen LogP contribution in [0.3, 0.4) is 0 Å². The van der Waals surface area contributed by atoms with Crippen LogP contribution in [-0.4, -0.2) is 41.1 Å². The van der Waals surface area contributed by atoms with Crippen LogP contribution in [0.2, 0.25) is 0 Å². The zero-order valence-electron chi connectivity index (χ0n) is 18.2. The van der Waals surface area contributed by atoms with Crippen molar-refractivity contribution in [2.24, 2.45) is 17.0 Å². The normalized spacial score (nSPS) is 22.1. The third kappa shape index (κ3) is 4.40. The van der Waals surface area contributed by atoms with Gasteiger partial charge >= 0.3 is 0 Å². The molecule has 3 atom stereocenters. The lowest BCUT2D eigenvalue weighted by Gasteiger charge is -2.20. The molecule has 0 spiro atoms. The quantitative estimate of drug-likeness (QED) is 0.444. The van der Waals surface area contributed by atoms with Crippen LogP contribution in [0.1, 0.15) is 23.2 Å². The molecule has 2 aliphatic heterocycles. The summed E-state index contributed by atoms with van der Waals surface area (Å²) in [6, 6.07) is 17.9. The second-order valence-electron chi connectivity index (χ2n) is 8.42. The first-order valence-electron chi connectivity index (χ1n) is 11.0. The van der Waals surface area contributed by atoms with Gasteiger partial charge < -0.3 is 14.3 Å². The van der Waals surface area contributed by atoms with Crippen molar-refractivity contribution in [3.05, 3.63) is 71.4 Å². The minimum Gasteiger partial charge on any atom is -0.489 e. The number of oxime groups is 1. The van der Waals surface area contributed by atoms with Crippen LogP contribution in [0.5, 0.6) is 5.75 Å². The summed E-state index contributed by atoms with van der Waals surface area (Å²) < 4.78 is 11.5. The Morgan fingerprint density at radius 2 is 2.00 bits per heavy atom. The van der Waals surface area contributed by atoms with E-state index < -0.39 is 11.8 Å². The van der Waals surface area contributed by atoms with Gasteiger partial charge in [0.05, 0.1) is 30.4 Å². The fourth-order valence-corrected chi connectivity index (χ4v) is 4.51. The molecule has 0 aliphatic carbocycles. The lowest BCUT2D eigenvalue weighted by molar-refractivity contribution is -0.135. The van der Waals surface area contributed by atoms with Gasteiger partial charge in [0.15, 0.2) is 0 Å². The predicted octanol–water partition coefficient (Wildman–Crippen LogP) is 3.38. The molecule has 1 unspecified atom stereocenters.